The lowest BCUT2D eigenvalue weighted by Crippen LogP contribution is -2.30. The van der Waals surface area contributed by atoms with E-state index in [1.165, 1.54) is 7.11 Å². The Morgan fingerprint density at radius 1 is 1.35 bits per heavy atom. The number of hydrogen-bond donors (Lipinski definition) is 1. The van der Waals surface area contributed by atoms with Gasteiger partial charge in [-0.05, 0) is 31.4 Å². The molecule has 1 saturated carbocycles. The van der Waals surface area contributed by atoms with Gasteiger partial charge in [-0.15, -0.1) is 0 Å². The van der Waals surface area contributed by atoms with E-state index in [1.807, 2.05) is 13.0 Å². The Balaban J connectivity index is 1.92. The molecule has 0 radical (unpaired) electrons. The molecule has 0 heterocycles. The highest BCUT2D eigenvalue weighted by molar-refractivity contribution is 5.96. The number of methoxy groups -OCH3 is 1. The van der Waals surface area contributed by atoms with Crippen LogP contribution in [0, 0.1) is 11.8 Å². The lowest BCUT2D eigenvalue weighted by atomic mass is 10.2. The van der Waals surface area contributed by atoms with Gasteiger partial charge in [-0.1, -0.05) is 19.1 Å². The summed E-state index contributed by atoms with van der Waals surface area (Å²) in [4.78, 5) is 23.7. The fourth-order valence-electron chi connectivity index (χ4n) is 1.95. The maximum atomic E-state index is 12.0. The van der Waals surface area contributed by atoms with Crippen molar-refractivity contribution in [2.24, 2.45) is 11.8 Å². The first-order chi connectivity index (χ1) is 9.52. The first-order valence-corrected chi connectivity index (χ1v) is 6.67. The van der Waals surface area contributed by atoms with E-state index in [1.54, 1.807) is 25.1 Å². The molecule has 0 spiro atoms. The van der Waals surface area contributed by atoms with Crippen molar-refractivity contribution < 1.29 is 19.1 Å². The van der Waals surface area contributed by atoms with Crippen molar-refractivity contribution in [3.8, 4) is 5.75 Å². The van der Waals surface area contributed by atoms with Crippen LogP contribution in [-0.4, -0.2) is 25.1 Å². The number of para-hydroxylation sites is 2. The zero-order valence-corrected chi connectivity index (χ0v) is 11.9. The van der Waals surface area contributed by atoms with Crippen molar-refractivity contribution in [3.63, 3.8) is 0 Å². The summed E-state index contributed by atoms with van der Waals surface area (Å²) in [5.41, 5.74) is 0.558. The molecule has 1 N–H and O–H groups in total. The second kappa shape index (κ2) is 5.94. The van der Waals surface area contributed by atoms with Crippen molar-refractivity contribution in [2.45, 2.75) is 26.4 Å². The third kappa shape index (κ3) is 3.29. The van der Waals surface area contributed by atoms with Gasteiger partial charge >= 0.3 is 5.97 Å². The summed E-state index contributed by atoms with van der Waals surface area (Å²) in [6.07, 6.45) is 0.0277. The van der Waals surface area contributed by atoms with Crippen LogP contribution in [0.4, 0.5) is 5.69 Å². The molecule has 0 aliphatic heterocycles. The Bertz CT molecular complexity index is 514. The van der Waals surface area contributed by atoms with Crippen molar-refractivity contribution in [2.75, 3.05) is 12.4 Å². The predicted octanol–water partition coefficient (Wildman–Crippen LogP) is 2.22. The maximum absolute atomic E-state index is 12.0. The van der Waals surface area contributed by atoms with Gasteiger partial charge in [0.15, 0.2) is 6.10 Å². The van der Waals surface area contributed by atoms with Gasteiger partial charge in [-0.2, -0.15) is 0 Å². The number of rotatable bonds is 5. The molecule has 2 rings (SSSR count). The highest BCUT2D eigenvalue weighted by atomic mass is 16.5. The predicted molar refractivity (Wildman–Crippen MR) is 74.4 cm³/mol. The zero-order chi connectivity index (χ0) is 14.7. The molecule has 1 aromatic carbocycles. The standard InChI is InChI=1S/C15H19NO4/c1-9-8-11(9)15(18)20-10(2)14(17)16-12-6-4-5-7-13(12)19-3/h4-7,9-11H,8H2,1-3H3,(H,16,17)/t9-,10+,11+/m1/s1. The topological polar surface area (TPSA) is 64.6 Å². The van der Waals surface area contributed by atoms with Crippen molar-refractivity contribution in [1.29, 1.82) is 0 Å². The summed E-state index contributed by atoms with van der Waals surface area (Å²) in [5.74, 6) is 0.231. The summed E-state index contributed by atoms with van der Waals surface area (Å²) in [5, 5.41) is 2.70. The number of esters is 1. The van der Waals surface area contributed by atoms with Gasteiger partial charge in [0.2, 0.25) is 0 Å². The minimum absolute atomic E-state index is 0.0449. The van der Waals surface area contributed by atoms with Crippen LogP contribution in [0.1, 0.15) is 20.3 Å². The number of amides is 1. The number of hydrogen-bond acceptors (Lipinski definition) is 4. The SMILES string of the molecule is COc1ccccc1NC(=O)[C@H](C)OC(=O)[C@H]1C[C@H]1C. The minimum Gasteiger partial charge on any atom is -0.495 e. The number of anilines is 1. The maximum Gasteiger partial charge on any atom is 0.309 e. The molecule has 1 aliphatic carbocycles. The smallest absolute Gasteiger partial charge is 0.309 e. The zero-order valence-electron chi connectivity index (χ0n) is 11.9. The van der Waals surface area contributed by atoms with Crippen LogP contribution < -0.4 is 10.1 Å². The largest absolute Gasteiger partial charge is 0.495 e. The summed E-state index contributed by atoms with van der Waals surface area (Å²) < 4.78 is 10.3. The van der Waals surface area contributed by atoms with E-state index < -0.39 is 6.10 Å². The van der Waals surface area contributed by atoms with E-state index in [0.717, 1.165) is 6.42 Å². The van der Waals surface area contributed by atoms with Crippen LogP contribution in [0.2, 0.25) is 0 Å². The molecular weight excluding hydrogens is 258 g/mol. The van der Waals surface area contributed by atoms with E-state index in [9.17, 15) is 9.59 Å². The monoisotopic (exact) mass is 277 g/mol. The summed E-state index contributed by atoms with van der Waals surface area (Å²) in [6, 6.07) is 7.08. The van der Waals surface area contributed by atoms with E-state index in [4.69, 9.17) is 9.47 Å². The average Bonchev–Trinajstić information content (AvgIpc) is 3.16. The first kappa shape index (κ1) is 14.4. The lowest BCUT2D eigenvalue weighted by Gasteiger charge is -2.15. The quantitative estimate of drug-likeness (QED) is 0.838. The molecule has 108 valence electrons. The van der Waals surface area contributed by atoms with E-state index in [-0.39, 0.29) is 17.8 Å². The Morgan fingerprint density at radius 3 is 2.60 bits per heavy atom. The van der Waals surface area contributed by atoms with Gasteiger partial charge in [0.25, 0.3) is 5.91 Å². The van der Waals surface area contributed by atoms with Crippen LogP contribution in [0.25, 0.3) is 0 Å². The molecule has 3 atom stereocenters. The molecule has 0 unspecified atom stereocenters. The van der Waals surface area contributed by atoms with Gasteiger partial charge in [0.05, 0.1) is 18.7 Å². The van der Waals surface area contributed by atoms with Gasteiger partial charge in [0.1, 0.15) is 5.75 Å². The second-order valence-corrected chi connectivity index (χ2v) is 5.09. The summed E-state index contributed by atoms with van der Waals surface area (Å²) in [6.45, 7) is 3.56. The third-order valence-corrected chi connectivity index (χ3v) is 3.44. The molecule has 0 saturated heterocycles. The Kier molecular flexibility index (Phi) is 4.27. The highest BCUT2D eigenvalue weighted by Gasteiger charge is 2.41. The fraction of sp³-hybridized carbons (Fsp3) is 0.467. The highest BCUT2D eigenvalue weighted by Crippen LogP contribution is 2.38. The van der Waals surface area contributed by atoms with Crippen molar-refractivity contribution in [1.82, 2.24) is 0 Å². The lowest BCUT2D eigenvalue weighted by molar-refractivity contribution is -0.154. The van der Waals surface area contributed by atoms with E-state index >= 15 is 0 Å². The Morgan fingerprint density at radius 2 is 2.00 bits per heavy atom. The van der Waals surface area contributed by atoms with Gasteiger partial charge in [-0.25, -0.2) is 0 Å². The minimum atomic E-state index is -0.819. The van der Waals surface area contributed by atoms with Crippen molar-refractivity contribution >= 4 is 17.6 Å². The molecule has 0 bridgehead atoms. The Hall–Kier alpha value is -2.04. The second-order valence-electron chi connectivity index (χ2n) is 5.09. The molecule has 5 heteroatoms. The van der Waals surface area contributed by atoms with Crippen LogP contribution in [0.3, 0.4) is 0 Å². The van der Waals surface area contributed by atoms with Crippen LogP contribution in [0.5, 0.6) is 5.75 Å². The molecule has 1 fully saturated rings. The van der Waals surface area contributed by atoms with E-state index in [2.05, 4.69) is 5.32 Å². The van der Waals surface area contributed by atoms with Gasteiger partial charge < -0.3 is 14.8 Å². The Labute approximate surface area is 118 Å². The summed E-state index contributed by atoms with van der Waals surface area (Å²) in [7, 11) is 1.53. The van der Waals surface area contributed by atoms with Crippen LogP contribution in [0.15, 0.2) is 24.3 Å². The molecule has 1 aliphatic rings. The molecule has 5 nitrogen and oxygen atoms in total. The molecule has 1 aromatic rings. The number of benzene rings is 1. The first-order valence-electron chi connectivity index (χ1n) is 6.67. The number of ether oxygens (including phenoxy) is 2. The normalized spacial score (nSPS) is 21.8. The molecule has 20 heavy (non-hydrogen) atoms. The van der Waals surface area contributed by atoms with Gasteiger partial charge in [-0.3, -0.25) is 9.59 Å². The third-order valence-electron chi connectivity index (χ3n) is 3.44. The average molecular weight is 277 g/mol. The number of nitrogens with one attached hydrogen (secondary N) is 1. The van der Waals surface area contributed by atoms with Crippen LogP contribution >= 0.6 is 0 Å². The van der Waals surface area contributed by atoms with Crippen molar-refractivity contribution in [3.05, 3.63) is 24.3 Å². The molecule has 1 amide bonds. The molecule has 0 aromatic heterocycles. The van der Waals surface area contributed by atoms with E-state index in [0.29, 0.717) is 17.4 Å². The van der Waals surface area contributed by atoms with Gasteiger partial charge in [0, 0.05) is 0 Å². The molecular formula is C15H19NO4. The fourth-order valence-corrected chi connectivity index (χ4v) is 1.95. The summed E-state index contributed by atoms with van der Waals surface area (Å²) >= 11 is 0. The number of carbonyl (C=O) groups excluding carboxylic acids is 2. The number of carbonyl (C=O) groups is 2. The van der Waals surface area contributed by atoms with Crippen LogP contribution in [-0.2, 0) is 14.3 Å².